The highest BCUT2D eigenvalue weighted by Gasteiger charge is 2.02. The van der Waals surface area contributed by atoms with Gasteiger partial charge in [0.2, 0.25) is 0 Å². The van der Waals surface area contributed by atoms with Crippen molar-refractivity contribution < 1.29 is 0 Å². The molecule has 1 heterocycles. The lowest BCUT2D eigenvalue weighted by Crippen LogP contribution is -1.96. The van der Waals surface area contributed by atoms with Crippen LogP contribution in [0.25, 0.3) is 10.9 Å². The Labute approximate surface area is 88.5 Å². The zero-order valence-electron chi connectivity index (χ0n) is 8.20. The molecule has 0 spiro atoms. The third-order valence-electron chi connectivity index (χ3n) is 2.28. The van der Waals surface area contributed by atoms with Crippen molar-refractivity contribution in [2.75, 3.05) is 0 Å². The highest BCUT2D eigenvalue weighted by atomic mass is 35.5. The smallest absolute Gasteiger partial charge is 0.0938 e. The first-order chi connectivity index (χ1) is 6.81. The molecule has 0 atom stereocenters. The zero-order chi connectivity index (χ0) is 9.97. The van der Waals surface area contributed by atoms with Crippen molar-refractivity contribution >= 4 is 22.5 Å². The molecule has 0 saturated heterocycles. The van der Waals surface area contributed by atoms with Gasteiger partial charge in [0.25, 0.3) is 0 Å². The largest absolute Gasteiger partial charge is 0.271 e. The minimum atomic E-state index is 0.783. The van der Waals surface area contributed by atoms with Crippen LogP contribution in [0.2, 0.25) is 5.02 Å². The van der Waals surface area contributed by atoms with Crippen LogP contribution in [-0.4, -0.2) is 9.78 Å². The summed E-state index contributed by atoms with van der Waals surface area (Å²) in [5.74, 6) is 0. The van der Waals surface area contributed by atoms with Crippen molar-refractivity contribution in [1.82, 2.24) is 9.78 Å². The van der Waals surface area contributed by atoms with Crippen molar-refractivity contribution in [2.45, 2.75) is 26.3 Å². The van der Waals surface area contributed by atoms with Gasteiger partial charge in [-0.1, -0.05) is 31.0 Å². The molecule has 0 aliphatic rings. The summed E-state index contributed by atoms with van der Waals surface area (Å²) in [4.78, 5) is 0. The molecule has 0 aliphatic heterocycles. The molecule has 0 N–H and O–H groups in total. The summed E-state index contributed by atoms with van der Waals surface area (Å²) in [6.07, 6.45) is 4.36. The van der Waals surface area contributed by atoms with E-state index >= 15 is 0 Å². The van der Waals surface area contributed by atoms with Crippen molar-refractivity contribution in [3.8, 4) is 0 Å². The molecule has 2 nitrogen and oxygen atoms in total. The van der Waals surface area contributed by atoms with Crippen LogP contribution in [-0.2, 0) is 6.54 Å². The number of benzene rings is 1. The monoisotopic (exact) mass is 208 g/mol. The Kier molecular flexibility index (Phi) is 2.73. The van der Waals surface area contributed by atoms with Crippen LogP contribution in [0.5, 0.6) is 0 Å². The van der Waals surface area contributed by atoms with E-state index in [9.17, 15) is 0 Å². The van der Waals surface area contributed by atoms with E-state index < -0.39 is 0 Å². The number of halogens is 1. The van der Waals surface area contributed by atoms with E-state index in [4.69, 9.17) is 11.6 Å². The first-order valence-electron chi connectivity index (χ1n) is 4.93. The van der Waals surface area contributed by atoms with E-state index in [1.54, 1.807) is 0 Å². The molecule has 2 aromatic rings. The van der Waals surface area contributed by atoms with Gasteiger partial charge in [0.05, 0.1) is 10.5 Å². The maximum atomic E-state index is 6.05. The maximum Gasteiger partial charge on any atom is 0.0938 e. The number of unbranched alkanes of at least 4 members (excludes halogenated alkanes) is 1. The van der Waals surface area contributed by atoms with Crippen molar-refractivity contribution in [3.63, 3.8) is 0 Å². The molecule has 1 aromatic carbocycles. The van der Waals surface area contributed by atoms with E-state index in [1.165, 1.54) is 6.42 Å². The number of fused-ring (bicyclic) bond motifs is 1. The Balaban J connectivity index is 2.36. The minimum Gasteiger partial charge on any atom is -0.271 e. The topological polar surface area (TPSA) is 17.8 Å². The van der Waals surface area contributed by atoms with Gasteiger partial charge in [-0.2, -0.15) is 5.10 Å². The number of nitrogens with zero attached hydrogens (tertiary/aromatic N) is 2. The molecule has 0 unspecified atom stereocenters. The molecule has 0 fully saturated rings. The van der Waals surface area contributed by atoms with Crippen LogP contribution in [0.4, 0.5) is 0 Å². The van der Waals surface area contributed by atoms with Gasteiger partial charge in [-0.25, -0.2) is 0 Å². The molecule has 0 bridgehead atoms. The first kappa shape index (κ1) is 9.53. The normalized spacial score (nSPS) is 11.0. The van der Waals surface area contributed by atoms with Crippen LogP contribution in [0, 0.1) is 0 Å². The summed E-state index contributed by atoms with van der Waals surface area (Å²) in [6, 6.07) is 5.82. The molecule has 0 saturated carbocycles. The van der Waals surface area contributed by atoms with Crippen molar-refractivity contribution in [3.05, 3.63) is 29.4 Å². The van der Waals surface area contributed by atoms with Crippen molar-refractivity contribution in [1.29, 1.82) is 0 Å². The second kappa shape index (κ2) is 4.01. The van der Waals surface area contributed by atoms with Crippen LogP contribution < -0.4 is 0 Å². The molecule has 2 rings (SSSR count). The summed E-state index contributed by atoms with van der Waals surface area (Å²) in [5, 5.41) is 6.27. The van der Waals surface area contributed by atoms with Gasteiger partial charge in [0, 0.05) is 18.1 Å². The molecule has 74 valence electrons. The van der Waals surface area contributed by atoms with Crippen LogP contribution in [0.1, 0.15) is 19.8 Å². The Morgan fingerprint density at radius 1 is 1.43 bits per heavy atom. The van der Waals surface area contributed by atoms with Crippen molar-refractivity contribution in [2.24, 2.45) is 0 Å². The van der Waals surface area contributed by atoms with E-state index in [-0.39, 0.29) is 0 Å². The van der Waals surface area contributed by atoms with Crippen LogP contribution in [0.3, 0.4) is 0 Å². The van der Waals surface area contributed by atoms with E-state index in [0.29, 0.717) is 0 Å². The highest BCUT2D eigenvalue weighted by molar-refractivity contribution is 6.35. The fourth-order valence-electron chi connectivity index (χ4n) is 1.49. The number of rotatable bonds is 3. The predicted molar refractivity (Wildman–Crippen MR) is 59.7 cm³/mol. The lowest BCUT2D eigenvalue weighted by Gasteiger charge is -1.96. The molecular weight excluding hydrogens is 196 g/mol. The van der Waals surface area contributed by atoms with E-state index in [2.05, 4.69) is 12.0 Å². The fraction of sp³-hybridized carbons (Fsp3) is 0.364. The molecule has 1 aromatic heterocycles. The maximum absolute atomic E-state index is 6.05. The summed E-state index contributed by atoms with van der Waals surface area (Å²) in [6.45, 7) is 3.15. The summed E-state index contributed by atoms with van der Waals surface area (Å²) in [5.41, 5.74) is 0.980. The van der Waals surface area contributed by atoms with Gasteiger partial charge < -0.3 is 0 Å². The summed E-state index contributed by atoms with van der Waals surface area (Å²) >= 11 is 6.05. The van der Waals surface area contributed by atoms with Gasteiger partial charge in [-0.15, -0.1) is 0 Å². The molecule has 0 aliphatic carbocycles. The van der Waals surface area contributed by atoms with Gasteiger partial charge in [-0.3, -0.25) is 4.68 Å². The third-order valence-corrected chi connectivity index (χ3v) is 2.61. The Morgan fingerprint density at radius 3 is 3.00 bits per heavy atom. The second-order valence-electron chi connectivity index (χ2n) is 3.42. The van der Waals surface area contributed by atoms with Gasteiger partial charge in [0.15, 0.2) is 0 Å². The first-order valence-corrected chi connectivity index (χ1v) is 5.30. The van der Waals surface area contributed by atoms with Crippen LogP contribution >= 0.6 is 11.6 Å². The Morgan fingerprint density at radius 2 is 2.29 bits per heavy atom. The van der Waals surface area contributed by atoms with Crippen LogP contribution in [0.15, 0.2) is 24.4 Å². The van der Waals surface area contributed by atoms with Gasteiger partial charge in [-0.05, 0) is 18.6 Å². The minimum absolute atomic E-state index is 0.783. The second-order valence-corrected chi connectivity index (χ2v) is 3.83. The lowest BCUT2D eigenvalue weighted by molar-refractivity contribution is 0.576. The Hall–Kier alpha value is -1.02. The fourth-order valence-corrected chi connectivity index (χ4v) is 1.71. The number of hydrogen-bond donors (Lipinski definition) is 0. The van der Waals surface area contributed by atoms with Gasteiger partial charge in [0.1, 0.15) is 0 Å². The third kappa shape index (κ3) is 1.75. The average molecular weight is 209 g/mol. The quantitative estimate of drug-likeness (QED) is 0.755. The zero-order valence-corrected chi connectivity index (χ0v) is 8.96. The molecule has 14 heavy (non-hydrogen) atoms. The molecule has 0 radical (unpaired) electrons. The predicted octanol–water partition coefficient (Wildman–Crippen LogP) is 3.49. The van der Waals surface area contributed by atoms with Gasteiger partial charge >= 0.3 is 0 Å². The lowest BCUT2D eigenvalue weighted by atomic mass is 10.3. The number of hydrogen-bond acceptors (Lipinski definition) is 1. The highest BCUT2D eigenvalue weighted by Crippen LogP contribution is 2.21. The number of aromatic nitrogens is 2. The van der Waals surface area contributed by atoms with E-state index in [1.807, 2.05) is 29.1 Å². The SMILES string of the molecule is CCCCn1cc2c(Cl)cccc2n1. The standard InChI is InChI=1S/C11H13ClN2/c1-2-3-7-14-8-9-10(12)5-4-6-11(9)13-14/h4-6,8H,2-3,7H2,1H3. The summed E-state index contributed by atoms with van der Waals surface area (Å²) in [7, 11) is 0. The molecule has 3 heteroatoms. The summed E-state index contributed by atoms with van der Waals surface area (Å²) < 4.78 is 1.97. The Bertz CT molecular complexity index is 434. The average Bonchev–Trinajstić information content (AvgIpc) is 2.59. The molecular formula is C11H13ClN2. The van der Waals surface area contributed by atoms with E-state index in [0.717, 1.165) is 28.9 Å². The molecule has 0 amide bonds. The number of aryl methyl sites for hydroxylation is 1.